The highest BCUT2D eigenvalue weighted by Gasteiger charge is 2.10. The van der Waals surface area contributed by atoms with E-state index in [-0.39, 0.29) is 5.91 Å². The van der Waals surface area contributed by atoms with Gasteiger partial charge in [-0.15, -0.1) is 0 Å². The van der Waals surface area contributed by atoms with Gasteiger partial charge in [-0.3, -0.25) is 4.79 Å². The number of ether oxygens (including phenoxy) is 1. The van der Waals surface area contributed by atoms with Crippen molar-refractivity contribution < 1.29 is 9.53 Å². The molecule has 0 radical (unpaired) electrons. The van der Waals surface area contributed by atoms with Crippen molar-refractivity contribution in [1.29, 1.82) is 0 Å². The number of rotatable bonds is 8. The molecule has 0 unspecified atom stereocenters. The second-order valence-electron chi connectivity index (χ2n) is 5.58. The van der Waals surface area contributed by atoms with Crippen molar-refractivity contribution >= 4 is 12.0 Å². The number of hydrogen-bond acceptors (Lipinski definition) is 2. The Morgan fingerprint density at radius 1 is 1.04 bits per heavy atom. The van der Waals surface area contributed by atoms with Gasteiger partial charge < -0.3 is 9.64 Å². The van der Waals surface area contributed by atoms with E-state index >= 15 is 0 Å². The van der Waals surface area contributed by atoms with E-state index in [9.17, 15) is 4.79 Å². The van der Waals surface area contributed by atoms with Crippen LogP contribution in [0.1, 0.15) is 31.4 Å². The molecule has 0 aliphatic heterocycles. The molecule has 0 aliphatic carbocycles. The van der Waals surface area contributed by atoms with Gasteiger partial charge in [0.25, 0.3) is 0 Å². The van der Waals surface area contributed by atoms with Crippen LogP contribution in [0.4, 0.5) is 0 Å². The van der Waals surface area contributed by atoms with Crippen LogP contribution < -0.4 is 4.74 Å². The highest BCUT2D eigenvalue weighted by atomic mass is 16.5. The highest BCUT2D eigenvalue weighted by molar-refractivity contribution is 5.91. The summed E-state index contributed by atoms with van der Waals surface area (Å²) in [5.41, 5.74) is 2.14. The minimum Gasteiger partial charge on any atom is -0.494 e. The average Bonchev–Trinajstić information content (AvgIpc) is 2.62. The molecule has 0 atom stereocenters. The summed E-state index contributed by atoms with van der Waals surface area (Å²) in [4.78, 5) is 14.4. The van der Waals surface area contributed by atoms with Gasteiger partial charge in [-0.05, 0) is 42.7 Å². The molecule has 3 nitrogen and oxygen atoms in total. The van der Waals surface area contributed by atoms with Crippen LogP contribution in [-0.2, 0) is 11.3 Å². The number of amides is 1. The van der Waals surface area contributed by atoms with Gasteiger partial charge in [0, 0.05) is 19.2 Å². The quantitative estimate of drug-likeness (QED) is 0.668. The molecule has 0 bridgehead atoms. The van der Waals surface area contributed by atoms with Crippen LogP contribution >= 0.6 is 0 Å². The molecule has 24 heavy (non-hydrogen) atoms. The minimum absolute atomic E-state index is 0.0367. The number of benzene rings is 2. The SMILES string of the molecule is CCCN(Cc1ccccc1)C(=O)/C=C/c1ccc(OCC)cc1. The van der Waals surface area contributed by atoms with Crippen molar-refractivity contribution in [3.8, 4) is 5.75 Å². The van der Waals surface area contributed by atoms with Crippen molar-refractivity contribution in [1.82, 2.24) is 4.90 Å². The topological polar surface area (TPSA) is 29.5 Å². The predicted molar refractivity (Wildman–Crippen MR) is 98.8 cm³/mol. The molecule has 0 fully saturated rings. The van der Waals surface area contributed by atoms with Gasteiger partial charge in [0.2, 0.25) is 5.91 Å². The standard InChI is InChI=1S/C21H25NO2/c1-3-16-22(17-19-8-6-5-7-9-19)21(23)15-12-18-10-13-20(14-11-18)24-4-2/h5-15H,3-4,16-17H2,1-2H3/b15-12+. The number of carbonyl (C=O) groups is 1. The molecular weight excluding hydrogens is 298 g/mol. The summed E-state index contributed by atoms with van der Waals surface area (Å²) in [5.74, 6) is 0.882. The molecule has 0 saturated heterocycles. The van der Waals surface area contributed by atoms with Crippen molar-refractivity contribution in [2.75, 3.05) is 13.2 Å². The molecule has 0 heterocycles. The van der Waals surface area contributed by atoms with E-state index < -0.39 is 0 Å². The van der Waals surface area contributed by atoms with E-state index in [1.165, 1.54) is 0 Å². The first-order chi connectivity index (χ1) is 11.7. The maximum absolute atomic E-state index is 12.5. The predicted octanol–water partition coefficient (Wildman–Crippen LogP) is 4.54. The number of nitrogens with zero attached hydrogens (tertiary/aromatic N) is 1. The molecule has 126 valence electrons. The third-order valence-electron chi connectivity index (χ3n) is 3.63. The monoisotopic (exact) mass is 323 g/mol. The number of carbonyl (C=O) groups excluding carboxylic acids is 1. The van der Waals surface area contributed by atoms with Gasteiger partial charge in [-0.2, -0.15) is 0 Å². The van der Waals surface area contributed by atoms with E-state index in [0.29, 0.717) is 13.2 Å². The lowest BCUT2D eigenvalue weighted by molar-refractivity contribution is -0.126. The van der Waals surface area contributed by atoms with Gasteiger partial charge >= 0.3 is 0 Å². The third kappa shape index (κ3) is 5.58. The number of hydrogen-bond donors (Lipinski definition) is 0. The molecule has 0 aromatic heterocycles. The molecule has 1 amide bonds. The summed E-state index contributed by atoms with van der Waals surface area (Å²) in [6.07, 6.45) is 4.44. The molecule has 0 N–H and O–H groups in total. The van der Waals surface area contributed by atoms with Crippen LogP contribution in [-0.4, -0.2) is 24.0 Å². The maximum Gasteiger partial charge on any atom is 0.246 e. The lowest BCUT2D eigenvalue weighted by Crippen LogP contribution is -2.29. The Balaban J connectivity index is 2.01. The van der Waals surface area contributed by atoms with Crippen LogP contribution in [0.2, 0.25) is 0 Å². The normalized spacial score (nSPS) is 10.8. The van der Waals surface area contributed by atoms with Crippen molar-refractivity contribution in [2.45, 2.75) is 26.8 Å². The summed E-state index contributed by atoms with van der Waals surface area (Å²) in [7, 11) is 0. The maximum atomic E-state index is 12.5. The Hall–Kier alpha value is -2.55. The zero-order valence-corrected chi connectivity index (χ0v) is 14.4. The molecular formula is C21H25NO2. The fourth-order valence-electron chi connectivity index (χ4n) is 2.46. The van der Waals surface area contributed by atoms with Gasteiger partial charge in [0.05, 0.1) is 6.61 Å². The van der Waals surface area contributed by atoms with E-state index in [2.05, 4.69) is 6.92 Å². The fraction of sp³-hybridized carbons (Fsp3) is 0.286. The van der Waals surface area contributed by atoms with Crippen LogP contribution in [0.5, 0.6) is 5.75 Å². The van der Waals surface area contributed by atoms with Crippen LogP contribution in [0.25, 0.3) is 6.08 Å². The first-order valence-electron chi connectivity index (χ1n) is 8.46. The highest BCUT2D eigenvalue weighted by Crippen LogP contribution is 2.13. The summed E-state index contributed by atoms with van der Waals surface area (Å²) in [6, 6.07) is 17.8. The second-order valence-corrected chi connectivity index (χ2v) is 5.58. The Kier molecular flexibility index (Phi) is 7.09. The smallest absolute Gasteiger partial charge is 0.246 e. The van der Waals surface area contributed by atoms with Crippen molar-refractivity contribution in [3.63, 3.8) is 0 Å². The zero-order chi connectivity index (χ0) is 17.2. The molecule has 2 aromatic rings. The Morgan fingerprint density at radius 3 is 2.38 bits per heavy atom. The molecule has 0 aliphatic rings. The molecule has 2 aromatic carbocycles. The molecule has 3 heteroatoms. The zero-order valence-electron chi connectivity index (χ0n) is 14.4. The summed E-state index contributed by atoms with van der Waals surface area (Å²) >= 11 is 0. The van der Waals surface area contributed by atoms with Crippen LogP contribution in [0.3, 0.4) is 0 Å². The summed E-state index contributed by atoms with van der Waals surface area (Å²) < 4.78 is 5.42. The van der Waals surface area contributed by atoms with Crippen LogP contribution in [0.15, 0.2) is 60.7 Å². The van der Waals surface area contributed by atoms with Gasteiger partial charge in [0.1, 0.15) is 5.75 Å². The summed E-state index contributed by atoms with van der Waals surface area (Å²) in [6.45, 7) is 6.09. The van der Waals surface area contributed by atoms with Gasteiger partial charge in [-0.1, -0.05) is 49.4 Å². The van der Waals surface area contributed by atoms with Gasteiger partial charge in [-0.25, -0.2) is 0 Å². The van der Waals surface area contributed by atoms with Crippen molar-refractivity contribution in [2.24, 2.45) is 0 Å². The molecule has 0 spiro atoms. The van der Waals surface area contributed by atoms with Crippen molar-refractivity contribution in [3.05, 3.63) is 71.8 Å². The lowest BCUT2D eigenvalue weighted by Gasteiger charge is -2.20. The minimum atomic E-state index is 0.0367. The molecule has 0 saturated carbocycles. The first kappa shape index (κ1) is 17.8. The molecule has 2 rings (SSSR count). The van der Waals surface area contributed by atoms with Crippen LogP contribution in [0, 0.1) is 0 Å². The van der Waals surface area contributed by atoms with E-state index in [1.807, 2.05) is 72.5 Å². The fourth-order valence-corrected chi connectivity index (χ4v) is 2.46. The third-order valence-corrected chi connectivity index (χ3v) is 3.63. The van der Waals surface area contributed by atoms with E-state index in [1.54, 1.807) is 6.08 Å². The van der Waals surface area contributed by atoms with E-state index in [0.717, 1.165) is 29.8 Å². The average molecular weight is 323 g/mol. The first-order valence-corrected chi connectivity index (χ1v) is 8.46. The Morgan fingerprint density at radius 2 is 1.75 bits per heavy atom. The largest absolute Gasteiger partial charge is 0.494 e. The van der Waals surface area contributed by atoms with E-state index in [4.69, 9.17) is 4.74 Å². The lowest BCUT2D eigenvalue weighted by atomic mass is 10.2. The Labute approximate surface area is 144 Å². The second kappa shape index (κ2) is 9.56. The summed E-state index contributed by atoms with van der Waals surface area (Å²) in [5, 5.41) is 0. The van der Waals surface area contributed by atoms with Gasteiger partial charge in [0.15, 0.2) is 0 Å². The Bertz CT molecular complexity index is 647.